The number of aromatic nitrogens is 2. The van der Waals surface area contributed by atoms with E-state index in [0.717, 1.165) is 30.5 Å². The van der Waals surface area contributed by atoms with Crippen LogP contribution in [0.4, 0.5) is 8.78 Å². The third-order valence-electron chi connectivity index (χ3n) is 3.94. The van der Waals surface area contributed by atoms with E-state index in [2.05, 4.69) is 5.10 Å². The molecule has 1 heterocycles. The standard InChI is InChI=1S/C12H16F2N2/c1-6(2)16-11-8-4-3-7(5-8)9(11)10(15-16)12(13)14/h6-8,12H,3-5H2,1-2H3. The maximum Gasteiger partial charge on any atom is 0.282 e. The number of hydrogen-bond donors (Lipinski definition) is 0. The van der Waals surface area contributed by atoms with Gasteiger partial charge in [-0.1, -0.05) is 0 Å². The molecule has 2 atom stereocenters. The van der Waals surface area contributed by atoms with E-state index in [0.29, 0.717) is 11.8 Å². The van der Waals surface area contributed by atoms with Crippen LogP contribution in [0.15, 0.2) is 0 Å². The van der Waals surface area contributed by atoms with Crippen LogP contribution in [-0.4, -0.2) is 9.78 Å². The number of alkyl halides is 2. The van der Waals surface area contributed by atoms with Gasteiger partial charge in [0.2, 0.25) is 0 Å². The fourth-order valence-corrected chi connectivity index (χ4v) is 3.35. The summed E-state index contributed by atoms with van der Waals surface area (Å²) >= 11 is 0. The highest BCUT2D eigenvalue weighted by molar-refractivity contribution is 5.41. The van der Waals surface area contributed by atoms with Crippen molar-refractivity contribution >= 4 is 0 Å². The van der Waals surface area contributed by atoms with Gasteiger partial charge in [0.05, 0.1) is 0 Å². The normalized spacial score (nSPS) is 27.1. The summed E-state index contributed by atoms with van der Waals surface area (Å²) in [7, 11) is 0. The highest BCUT2D eigenvalue weighted by atomic mass is 19.3. The first-order chi connectivity index (χ1) is 7.59. The topological polar surface area (TPSA) is 17.8 Å². The van der Waals surface area contributed by atoms with Gasteiger partial charge in [-0.2, -0.15) is 5.10 Å². The summed E-state index contributed by atoms with van der Waals surface area (Å²) in [6.07, 6.45) is 0.868. The van der Waals surface area contributed by atoms with Crippen molar-refractivity contribution in [2.24, 2.45) is 0 Å². The van der Waals surface area contributed by atoms with Gasteiger partial charge < -0.3 is 0 Å². The zero-order valence-electron chi connectivity index (χ0n) is 9.58. The van der Waals surface area contributed by atoms with Crippen molar-refractivity contribution in [2.45, 2.75) is 57.4 Å². The Balaban J connectivity index is 2.18. The van der Waals surface area contributed by atoms with Crippen molar-refractivity contribution in [1.29, 1.82) is 0 Å². The van der Waals surface area contributed by atoms with Crippen LogP contribution in [0.1, 0.15) is 74.4 Å². The molecule has 1 aromatic heterocycles. The molecule has 0 aromatic carbocycles. The van der Waals surface area contributed by atoms with Crippen molar-refractivity contribution in [2.75, 3.05) is 0 Å². The molecule has 2 aliphatic rings. The Labute approximate surface area is 93.6 Å². The average Bonchev–Trinajstić information content (AvgIpc) is 2.88. The Hall–Kier alpha value is -0.930. The minimum Gasteiger partial charge on any atom is -0.266 e. The number of halogens is 2. The van der Waals surface area contributed by atoms with Crippen LogP contribution >= 0.6 is 0 Å². The van der Waals surface area contributed by atoms with E-state index >= 15 is 0 Å². The Morgan fingerprint density at radius 2 is 1.94 bits per heavy atom. The predicted molar refractivity (Wildman–Crippen MR) is 56.9 cm³/mol. The molecule has 2 nitrogen and oxygen atoms in total. The van der Waals surface area contributed by atoms with E-state index in [9.17, 15) is 8.78 Å². The maximum absolute atomic E-state index is 12.9. The van der Waals surface area contributed by atoms with Crippen LogP contribution in [0.5, 0.6) is 0 Å². The smallest absolute Gasteiger partial charge is 0.266 e. The molecular weight excluding hydrogens is 210 g/mol. The van der Waals surface area contributed by atoms with E-state index in [1.165, 1.54) is 0 Å². The number of rotatable bonds is 2. The van der Waals surface area contributed by atoms with E-state index < -0.39 is 6.43 Å². The SMILES string of the molecule is CC(C)n1nc(C(F)F)c2c1C1CCC2C1. The molecule has 3 rings (SSSR count). The fraction of sp³-hybridized carbons (Fsp3) is 0.750. The first kappa shape index (κ1) is 10.2. The molecule has 0 radical (unpaired) electrons. The van der Waals surface area contributed by atoms with E-state index in [1.807, 2.05) is 18.5 Å². The minimum absolute atomic E-state index is 0.0518. The van der Waals surface area contributed by atoms with Crippen molar-refractivity contribution < 1.29 is 8.78 Å². The van der Waals surface area contributed by atoms with Gasteiger partial charge in [0.15, 0.2) is 0 Å². The summed E-state index contributed by atoms with van der Waals surface area (Å²) in [6.45, 7) is 4.02. The second-order valence-corrected chi connectivity index (χ2v) is 5.23. The van der Waals surface area contributed by atoms with E-state index in [-0.39, 0.29) is 11.7 Å². The lowest BCUT2D eigenvalue weighted by Crippen LogP contribution is -2.10. The second kappa shape index (κ2) is 3.28. The summed E-state index contributed by atoms with van der Waals surface area (Å²) in [5.41, 5.74) is 2.05. The molecule has 2 aliphatic carbocycles. The lowest BCUT2D eigenvalue weighted by Gasteiger charge is -2.16. The van der Waals surface area contributed by atoms with Crippen LogP contribution in [0.2, 0.25) is 0 Å². The highest BCUT2D eigenvalue weighted by Gasteiger charge is 2.44. The third-order valence-corrected chi connectivity index (χ3v) is 3.94. The number of nitrogens with zero attached hydrogens (tertiary/aromatic N) is 2. The van der Waals surface area contributed by atoms with Gasteiger partial charge >= 0.3 is 0 Å². The van der Waals surface area contributed by atoms with Gasteiger partial charge in [0, 0.05) is 23.2 Å². The molecular formula is C12H16F2N2. The minimum atomic E-state index is -2.42. The van der Waals surface area contributed by atoms with Gasteiger partial charge in [0.1, 0.15) is 5.69 Å². The molecule has 0 N–H and O–H groups in total. The fourth-order valence-electron chi connectivity index (χ4n) is 3.35. The van der Waals surface area contributed by atoms with Crippen molar-refractivity contribution in [3.63, 3.8) is 0 Å². The monoisotopic (exact) mass is 226 g/mol. The molecule has 0 spiro atoms. The summed E-state index contributed by atoms with van der Waals surface area (Å²) < 4.78 is 27.7. The third kappa shape index (κ3) is 1.19. The number of fused-ring (bicyclic) bond motifs is 5. The van der Waals surface area contributed by atoms with Gasteiger partial charge in [0.25, 0.3) is 6.43 Å². The first-order valence-electron chi connectivity index (χ1n) is 6.00. The van der Waals surface area contributed by atoms with Crippen molar-refractivity contribution in [3.8, 4) is 0 Å². The molecule has 16 heavy (non-hydrogen) atoms. The van der Waals surface area contributed by atoms with Crippen LogP contribution in [-0.2, 0) is 0 Å². The Morgan fingerprint density at radius 3 is 2.56 bits per heavy atom. The highest BCUT2D eigenvalue weighted by Crippen LogP contribution is 2.55. The summed E-state index contributed by atoms with van der Waals surface area (Å²) in [6, 6.07) is 0.181. The first-order valence-corrected chi connectivity index (χ1v) is 6.00. The zero-order valence-corrected chi connectivity index (χ0v) is 9.58. The summed E-state index contributed by atoms with van der Waals surface area (Å²) in [5, 5.41) is 4.14. The van der Waals surface area contributed by atoms with Gasteiger partial charge in [-0.15, -0.1) is 0 Å². The largest absolute Gasteiger partial charge is 0.282 e. The summed E-state index contributed by atoms with van der Waals surface area (Å²) in [5.74, 6) is 0.846. The molecule has 2 bridgehead atoms. The molecule has 88 valence electrons. The number of hydrogen-bond acceptors (Lipinski definition) is 1. The molecule has 2 unspecified atom stereocenters. The lowest BCUT2D eigenvalue weighted by atomic mass is 9.95. The van der Waals surface area contributed by atoms with Crippen LogP contribution in [0, 0.1) is 0 Å². The van der Waals surface area contributed by atoms with Crippen LogP contribution < -0.4 is 0 Å². The maximum atomic E-state index is 12.9. The van der Waals surface area contributed by atoms with E-state index in [1.54, 1.807) is 0 Å². The van der Waals surface area contributed by atoms with E-state index in [4.69, 9.17) is 0 Å². The van der Waals surface area contributed by atoms with Gasteiger partial charge in [-0.3, -0.25) is 4.68 Å². The quantitative estimate of drug-likeness (QED) is 0.750. The van der Waals surface area contributed by atoms with Crippen LogP contribution in [0.25, 0.3) is 0 Å². The van der Waals surface area contributed by atoms with Gasteiger partial charge in [-0.05, 0) is 39.0 Å². The Bertz CT molecular complexity index is 386. The van der Waals surface area contributed by atoms with Crippen molar-refractivity contribution in [3.05, 3.63) is 17.0 Å². The average molecular weight is 226 g/mol. The molecule has 0 saturated heterocycles. The Kier molecular flexibility index (Phi) is 2.10. The zero-order chi connectivity index (χ0) is 11.4. The van der Waals surface area contributed by atoms with Crippen LogP contribution in [0.3, 0.4) is 0 Å². The summed E-state index contributed by atoms with van der Waals surface area (Å²) in [4.78, 5) is 0. The van der Waals surface area contributed by atoms with Gasteiger partial charge in [-0.25, -0.2) is 8.78 Å². The lowest BCUT2D eigenvalue weighted by molar-refractivity contribution is 0.143. The van der Waals surface area contributed by atoms with Crippen molar-refractivity contribution in [1.82, 2.24) is 9.78 Å². The molecule has 1 aromatic rings. The molecule has 4 heteroatoms. The Morgan fingerprint density at radius 1 is 1.25 bits per heavy atom. The molecule has 1 fully saturated rings. The predicted octanol–water partition coefficient (Wildman–Crippen LogP) is 3.77. The molecule has 0 aliphatic heterocycles. The molecule has 0 amide bonds. The molecule has 1 saturated carbocycles. The second-order valence-electron chi connectivity index (χ2n) is 5.23.